The Morgan fingerprint density at radius 2 is 2.38 bits per heavy atom. The summed E-state index contributed by atoms with van der Waals surface area (Å²) in [6.07, 6.45) is 1.90. The molecular weight excluding hydrogens is 259 g/mol. The van der Waals surface area contributed by atoms with Gasteiger partial charge in [0, 0.05) is 22.0 Å². The van der Waals surface area contributed by atoms with Crippen LogP contribution in [0, 0.1) is 10.1 Å². The van der Waals surface area contributed by atoms with Gasteiger partial charge in [-0.1, -0.05) is 11.6 Å². The molecule has 13 heavy (non-hydrogen) atoms. The number of hydrogen-bond acceptors (Lipinski definition) is 3. The molecule has 1 rings (SSSR count). The minimum absolute atomic E-state index is 0.0983. The van der Waals surface area contributed by atoms with Crippen molar-refractivity contribution < 1.29 is 4.92 Å². The molecule has 0 aliphatic heterocycles. The number of aromatic nitrogens is 1. The van der Waals surface area contributed by atoms with E-state index in [2.05, 4.69) is 20.9 Å². The molecule has 0 bridgehead atoms. The maximum absolute atomic E-state index is 10.1. The molecule has 0 aliphatic carbocycles. The predicted octanol–water partition coefficient (Wildman–Crippen LogP) is 2.32. The van der Waals surface area contributed by atoms with Crippen LogP contribution in [-0.2, 0) is 6.42 Å². The summed E-state index contributed by atoms with van der Waals surface area (Å²) in [7, 11) is 0. The van der Waals surface area contributed by atoms with Crippen molar-refractivity contribution in [2.75, 3.05) is 6.54 Å². The smallest absolute Gasteiger partial charge is 0.207 e. The summed E-state index contributed by atoms with van der Waals surface area (Å²) in [5.41, 5.74) is 0.803. The Bertz CT molecular complexity index is 332. The van der Waals surface area contributed by atoms with E-state index in [4.69, 9.17) is 11.6 Å². The van der Waals surface area contributed by atoms with Gasteiger partial charge in [-0.05, 0) is 27.6 Å². The van der Waals surface area contributed by atoms with Crippen LogP contribution in [0.15, 0.2) is 16.7 Å². The lowest BCUT2D eigenvalue weighted by Crippen LogP contribution is -2.04. The van der Waals surface area contributed by atoms with Crippen molar-refractivity contribution in [3.63, 3.8) is 0 Å². The van der Waals surface area contributed by atoms with Gasteiger partial charge < -0.3 is 0 Å². The second kappa shape index (κ2) is 4.53. The summed E-state index contributed by atoms with van der Waals surface area (Å²) in [6, 6.07) is 1.62. The molecule has 0 unspecified atom stereocenters. The Labute approximate surface area is 88.2 Å². The fourth-order valence-electron chi connectivity index (χ4n) is 0.855. The van der Waals surface area contributed by atoms with Gasteiger partial charge in [0.15, 0.2) is 0 Å². The van der Waals surface area contributed by atoms with Gasteiger partial charge in [-0.3, -0.25) is 10.1 Å². The fraction of sp³-hybridized carbons (Fsp3) is 0.286. The van der Waals surface area contributed by atoms with Crippen LogP contribution in [0.4, 0.5) is 0 Å². The highest BCUT2D eigenvalue weighted by Crippen LogP contribution is 2.18. The number of nitro groups is 1. The molecule has 0 aliphatic rings. The number of pyridine rings is 1. The molecule has 0 atom stereocenters. The summed E-state index contributed by atoms with van der Waals surface area (Å²) < 4.78 is 0.749. The highest BCUT2D eigenvalue weighted by atomic mass is 79.9. The van der Waals surface area contributed by atoms with Gasteiger partial charge in [0.1, 0.15) is 5.15 Å². The number of nitrogens with zero attached hydrogens (tertiary/aromatic N) is 2. The van der Waals surface area contributed by atoms with E-state index >= 15 is 0 Å². The molecule has 0 spiro atoms. The zero-order valence-corrected chi connectivity index (χ0v) is 8.88. The van der Waals surface area contributed by atoms with E-state index in [1.807, 2.05) is 0 Å². The first-order valence-electron chi connectivity index (χ1n) is 3.51. The van der Waals surface area contributed by atoms with Crippen LogP contribution in [-0.4, -0.2) is 16.5 Å². The first-order valence-corrected chi connectivity index (χ1v) is 4.68. The summed E-state index contributed by atoms with van der Waals surface area (Å²) in [6.45, 7) is -0.0983. The molecule has 0 N–H and O–H groups in total. The molecule has 4 nitrogen and oxygen atoms in total. The van der Waals surface area contributed by atoms with Gasteiger partial charge in [0.05, 0.1) is 0 Å². The van der Waals surface area contributed by atoms with Crippen LogP contribution < -0.4 is 0 Å². The van der Waals surface area contributed by atoms with Crippen molar-refractivity contribution in [2.45, 2.75) is 6.42 Å². The second-order valence-electron chi connectivity index (χ2n) is 2.40. The lowest BCUT2D eigenvalue weighted by molar-refractivity contribution is -0.479. The third-order valence-electron chi connectivity index (χ3n) is 1.47. The minimum atomic E-state index is -0.360. The average molecular weight is 265 g/mol. The zero-order valence-electron chi connectivity index (χ0n) is 6.54. The summed E-state index contributed by atoms with van der Waals surface area (Å²) in [5.74, 6) is 0. The van der Waals surface area contributed by atoms with Crippen molar-refractivity contribution in [3.8, 4) is 0 Å². The predicted molar refractivity (Wildman–Crippen MR) is 52.5 cm³/mol. The Morgan fingerprint density at radius 1 is 1.69 bits per heavy atom. The van der Waals surface area contributed by atoms with Gasteiger partial charge >= 0.3 is 0 Å². The molecule has 0 saturated carbocycles. The summed E-state index contributed by atoms with van der Waals surface area (Å²) in [5, 5.41) is 10.5. The molecule has 0 fully saturated rings. The molecule has 0 amide bonds. The molecule has 1 aromatic heterocycles. The topological polar surface area (TPSA) is 56.0 Å². The van der Waals surface area contributed by atoms with Crippen LogP contribution in [0.2, 0.25) is 5.15 Å². The van der Waals surface area contributed by atoms with Gasteiger partial charge in [0.2, 0.25) is 6.54 Å². The number of hydrogen-bond donors (Lipinski definition) is 0. The number of rotatable bonds is 3. The van der Waals surface area contributed by atoms with Crippen LogP contribution in [0.1, 0.15) is 5.56 Å². The SMILES string of the molecule is O=[N+]([O-])CCc1cc(Cl)ncc1Br. The third-order valence-corrected chi connectivity index (χ3v) is 2.39. The average Bonchev–Trinajstić information content (AvgIpc) is 2.06. The highest BCUT2D eigenvalue weighted by Gasteiger charge is 2.05. The standard InChI is InChI=1S/C7H6BrClN2O2/c8-6-4-10-7(9)3-5(6)1-2-11(12)13/h3-4H,1-2H2. The largest absolute Gasteiger partial charge is 0.265 e. The molecule has 0 aromatic carbocycles. The number of halogens is 2. The maximum atomic E-state index is 10.1. The van der Waals surface area contributed by atoms with E-state index in [0.717, 1.165) is 10.0 Å². The van der Waals surface area contributed by atoms with Crippen LogP contribution in [0.25, 0.3) is 0 Å². The van der Waals surface area contributed by atoms with E-state index in [-0.39, 0.29) is 11.5 Å². The minimum Gasteiger partial charge on any atom is -0.265 e. The van der Waals surface area contributed by atoms with Crippen LogP contribution in [0.3, 0.4) is 0 Å². The monoisotopic (exact) mass is 264 g/mol. The molecule has 1 heterocycles. The Kier molecular flexibility index (Phi) is 3.62. The Balaban J connectivity index is 2.75. The molecule has 1 aromatic rings. The Hall–Kier alpha value is -0.680. The third kappa shape index (κ3) is 3.28. The van der Waals surface area contributed by atoms with Crippen molar-refractivity contribution in [1.82, 2.24) is 4.98 Å². The maximum Gasteiger partial charge on any atom is 0.207 e. The fourth-order valence-corrected chi connectivity index (χ4v) is 1.45. The Morgan fingerprint density at radius 3 is 3.00 bits per heavy atom. The van der Waals surface area contributed by atoms with E-state index < -0.39 is 0 Å². The van der Waals surface area contributed by atoms with Crippen molar-refractivity contribution in [3.05, 3.63) is 37.6 Å². The van der Waals surface area contributed by atoms with Crippen molar-refractivity contribution in [1.29, 1.82) is 0 Å². The van der Waals surface area contributed by atoms with Gasteiger partial charge in [-0.15, -0.1) is 0 Å². The highest BCUT2D eigenvalue weighted by molar-refractivity contribution is 9.10. The van der Waals surface area contributed by atoms with Crippen molar-refractivity contribution in [2.24, 2.45) is 0 Å². The second-order valence-corrected chi connectivity index (χ2v) is 3.65. The van der Waals surface area contributed by atoms with Crippen LogP contribution >= 0.6 is 27.5 Å². The lowest BCUT2D eigenvalue weighted by Gasteiger charge is -2.00. The lowest BCUT2D eigenvalue weighted by atomic mass is 10.2. The van der Waals surface area contributed by atoms with Gasteiger partial charge in [0.25, 0.3) is 0 Å². The first-order chi connectivity index (χ1) is 6.09. The summed E-state index contributed by atoms with van der Waals surface area (Å²) in [4.78, 5) is 13.6. The molecule has 70 valence electrons. The van der Waals surface area contributed by atoms with E-state index in [0.29, 0.717) is 11.6 Å². The first kappa shape index (κ1) is 10.4. The molecular formula is C7H6BrClN2O2. The zero-order chi connectivity index (χ0) is 9.84. The molecule has 0 saturated heterocycles. The van der Waals surface area contributed by atoms with Crippen LogP contribution in [0.5, 0.6) is 0 Å². The molecule has 6 heteroatoms. The summed E-state index contributed by atoms with van der Waals surface area (Å²) >= 11 is 8.87. The molecule has 0 radical (unpaired) electrons. The normalized spacial score (nSPS) is 10.0. The van der Waals surface area contributed by atoms with E-state index in [9.17, 15) is 10.1 Å². The quantitative estimate of drug-likeness (QED) is 0.479. The van der Waals surface area contributed by atoms with E-state index in [1.165, 1.54) is 6.20 Å². The van der Waals surface area contributed by atoms with Gasteiger partial charge in [-0.2, -0.15) is 0 Å². The van der Waals surface area contributed by atoms with E-state index in [1.54, 1.807) is 6.07 Å². The van der Waals surface area contributed by atoms with Gasteiger partial charge in [-0.25, -0.2) is 4.98 Å². The van der Waals surface area contributed by atoms with Crippen molar-refractivity contribution >= 4 is 27.5 Å².